The standard InChI is InChI=1S/C29H31NO6/c30-16-17-33-26-25(21-32-18-22-10-4-1-5-11-22)36-29(31)28(35-20-24-14-8-3-9-15-24)27(26)34-19-23-12-6-2-7-13-23/h1-15,25-29,31H,17-21H2/t25-,26-,27+,28-,29-/m1/s1. The van der Waals surface area contributed by atoms with E-state index in [1.807, 2.05) is 97.1 Å². The van der Waals surface area contributed by atoms with E-state index < -0.39 is 30.7 Å². The lowest BCUT2D eigenvalue weighted by molar-refractivity contribution is -0.314. The quantitative estimate of drug-likeness (QED) is 0.411. The van der Waals surface area contributed by atoms with Gasteiger partial charge in [0, 0.05) is 0 Å². The Hall–Kier alpha value is -3.09. The molecule has 188 valence electrons. The molecule has 1 saturated heterocycles. The van der Waals surface area contributed by atoms with Gasteiger partial charge in [-0.3, -0.25) is 0 Å². The van der Waals surface area contributed by atoms with E-state index in [2.05, 4.69) is 0 Å². The number of ether oxygens (including phenoxy) is 5. The van der Waals surface area contributed by atoms with Gasteiger partial charge in [0.05, 0.1) is 32.5 Å². The minimum Gasteiger partial charge on any atom is -0.374 e. The maximum Gasteiger partial charge on any atom is 0.184 e. The molecule has 0 spiro atoms. The van der Waals surface area contributed by atoms with Crippen LogP contribution in [0.3, 0.4) is 0 Å². The molecule has 1 aliphatic rings. The molecule has 1 aliphatic heterocycles. The zero-order chi connectivity index (χ0) is 25.0. The third-order valence-electron chi connectivity index (χ3n) is 5.91. The van der Waals surface area contributed by atoms with Gasteiger partial charge in [-0.15, -0.1) is 0 Å². The van der Waals surface area contributed by atoms with Crippen molar-refractivity contribution in [1.82, 2.24) is 0 Å². The molecule has 4 rings (SSSR count). The summed E-state index contributed by atoms with van der Waals surface area (Å²) >= 11 is 0. The summed E-state index contributed by atoms with van der Waals surface area (Å²) in [5.41, 5.74) is 2.94. The molecule has 0 saturated carbocycles. The Morgan fingerprint density at radius 1 is 0.667 bits per heavy atom. The molecule has 0 amide bonds. The highest BCUT2D eigenvalue weighted by molar-refractivity contribution is 5.15. The molecule has 0 unspecified atom stereocenters. The fraction of sp³-hybridized carbons (Fsp3) is 0.345. The van der Waals surface area contributed by atoms with E-state index in [0.717, 1.165) is 16.7 Å². The van der Waals surface area contributed by atoms with E-state index in [0.29, 0.717) is 6.61 Å². The van der Waals surface area contributed by atoms with Gasteiger partial charge >= 0.3 is 0 Å². The lowest BCUT2D eigenvalue weighted by Gasteiger charge is -2.44. The molecule has 7 heteroatoms. The Morgan fingerprint density at radius 3 is 1.69 bits per heavy atom. The minimum absolute atomic E-state index is 0.151. The lowest BCUT2D eigenvalue weighted by atomic mass is 9.98. The SMILES string of the molecule is N#CCO[C@H]1[C@H](OCc2ccccc2)[C@@H](OCc2ccccc2)[C@H](O)O[C@@H]1COCc1ccccc1. The zero-order valence-electron chi connectivity index (χ0n) is 20.0. The smallest absolute Gasteiger partial charge is 0.184 e. The van der Waals surface area contributed by atoms with Gasteiger partial charge in [-0.05, 0) is 16.7 Å². The molecule has 1 heterocycles. The Kier molecular flexibility index (Phi) is 10.0. The lowest BCUT2D eigenvalue weighted by Crippen LogP contribution is -2.61. The monoisotopic (exact) mass is 489 g/mol. The topological polar surface area (TPSA) is 90.2 Å². The third kappa shape index (κ3) is 7.45. The Labute approximate surface area is 211 Å². The van der Waals surface area contributed by atoms with Crippen molar-refractivity contribution in [2.75, 3.05) is 13.2 Å². The number of nitriles is 1. The normalized spacial score (nSPS) is 23.7. The number of hydrogen-bond donors (Lipinski definition) is 1. The Bertz CT molecular complexity index is 1060. The van der Waals surface area contributed by atoms with Crippen LogP contribution in [0.15, 0.2) is 91.0 Å². The summed E-state index contributed by atoms with van der Waals surface area (Å²) in [6, 6.07) is 31.2. The van der Waals surface area contributed by atoms with Crippen LogP contribution >= 0.6 is 0 Å². The Morgan fingerprint density at radius 2 is 1.17 bits per heavy atom. The molecule has 3 aromatic rings. The van der Waals surface area contributed by atoms with Crippen molar-refractivity contribution in [2.24, 2.45) is 0 Å². The molecule has 0 radical (unpaired) electrons. The molecule has 5 atom stereocenters. The maximum atomic E-state index is 10.9. The van der Waals surface area contributed by atoms with Gasteiger partial charge in [0.2, 0.25) is 0 Å². The molecule has 1 fully saturated rings. The van der Waals surface area contributed by atoms with E-state index in [4.69, 9.17) is 23.7 Å². The van der Waals surface area contributed by atoms with E-state index in [1.165, 1.54) is 0 Å². The summed E-state index contributed by atoms with van der Waals surface area (Å²) < 4.78 is 30.1. The summed E-state index contributed by atoms with van der Waals surface area (Å²) in [5, 5.41) is 20.1. The van der Waals surface area contributed by atoms with Gasteiger partial charge < -0.3 is 28.8 Å². The van der Waals surface area contributed by atoms with Crippen molar-refractivity contribution in [1.29, 1.82) is 5.26 Å². The molecular weight excluding hydrogens is 458 g/mol. The molecule has 3 aromatic carbocycles. The molecule has 7 nitrogen and oxygen atoms in total. The van der Waals surface area contributed by atoms with Crippen molar-refractivity contribution in [3.8, 4) is 6.07 Å². The molecule has 0 aromatic heterocycles. The third-order valence-corrected chi connectivity index (χ3v) is 5.91. The highest BCUT2D eigenvalue weighted by Crippen LogP contribution is 2.29. The van der Waals surface area contributed by atoms with Crippen LogP contribution in [0.5, 0.6) is 0 Å². The first kappa shape index (κ1) is 26.0. The second-order valence-corrected chi connectivity index (χ2v) is 8.52. The highest BCUT2D eigenvalue weighted by atomic mass is 16.7. The summed E-state index contributed by atoms with van der Waals surface area (Å²) in [4.78, 5) is 0. The van der Waals surface area contributed by atoms with Crippen molar-refractivity contribution in [2.45, 2.75) is 50.5 Å². The summed E-state index contributed by atoms with van der Waals surface area (Å²) in [6.07, 6.45) is -4.14. The van der Waals surface area contributed by atoms with Crippen LogP contribution in [0, 0.1) is 11.3 Å². The van der Waals surface area contributed by atoms with Gasteiger partial charge in [0.15, 0.2) is 6.29 Å². The summed E-state index contributed by atoms with van der Waals surface area (Å²) in [5.74, 6) is 0. The first-order chi connectivity index (χ1) is 17.7. The van der Waals surface area contributed by atoms with Gasteiger partial charge in [-0.1, -0.05) is 91.0 Å². The largest absolute Gasteiger partial charge is 0.374 e. The maximum absolute atomic E-state index is 10.9. The van der Waals surface area contributed by atoms with Crippen molar-refractivity contribution >= 4 is 0 Å². The first-order valence-corrected chi connectivity index (χ1v) is 12.0. The fourth-order valence-corrected chi connectivity index (χ4v) is 4.13. The van der Waals surface area contributed by atoms with Gasteiger partial charge in [-0.2, -0.15) is 5.26 Å². The molecule has 36 heavy (non-hydrogen) atoms. The van der Waals surface area contributed by atoms with E-state index in [1.54, 1.807) is 0 Å². The highest BCUT2D eigenvalue weighted by Gasteiger charge is 2.48. The average molecular weight is 490 g/mol. The van der Waals surface area contributed by atoms with Gasteiger partial charge in [-0.25, -0.2) is 0 Å². The van der Waals surface area contributed by atoms with Crippen LogP contribution in [0.25, 0.3) is 0 Å². The predicted octanol–water partition coefficient (Wildman–Crippen LogP) is 4.00. The molecular formula is C29H31NO6. The van der Waals surface area contributed by atoms with Gasteiger partial charge in [0.25, 0.3) is 0 Å². The van der Waals surface area contributed by atoms with Crippen molar-refractivity contribution in [3.05, 3.63) is 108 Å². The van der Waals surface area contributed by atoms with Gasteiger partial charge in [0.1, 0.15) is 31.0 Å². The Balaban J connectivity index is 1.50. The summed E-state index contributed by atoms with van der Waals surface area (Å²) in [6.45, 7) is 0.921. The zero-order valence-corrected chi connectivity index (χ0v) is 20.0. The number of aliphatic hydroxyl groups excluding tert-OH is 1. The van der Waals surface area contributed by atoms with Crippen LogP contribution < -0.4 is 0 Å². The van der Waals surface area contributed by atoms with Crippen LogP contribution in [-0.2, 0) is 43.5 Å². The molecule has 0 aliphatic carbocycles. The summed E-state index contributed by atoms with van der Waals surface area (Å²) in [7, 11) is 0. The van der Waals surface area contributed by atoms with E-state index in [-0.39, 0.29) is 26.4 Å². The van der Waals surface area contributed by atoms with E-state index >= 15 is 0 Å². The van der Waals surface area contributed by atoms with Crippen LogP contribution in [0.2, 0.25) is 0 Å². The molecule has 1 N–H and O–H groups in total. The second kappa shape index (κ2) is 13.9. The van der Waals surface area contributed by atoms with Crippen molar-refractivity contribution in [3.63, 3.8) is 0 Å². The van der Waals surface area contributed by atoms with Crippen molar-refractivity contribution < 1.29 is 28.8 Å². The number of benzene rings is 3. The minimum atomic E-state index is -1.26. The average Bonchev–Trinajstić information content (AvgIpc) is 2.92. The fourth-order valence-electron chi connectivity index (χ4n) is 4.13. The first-order valence-electron chi connectivity index (χ1n) is 12.0. The van der Waals surface area contributed by atoms with Crippen LogP contribution in [0.4, 0.5) is 0 Å². The number of nitrogens with zero attached hydrogens (tertiary/aromatic N) is 1. The van der Waals surface area contributed by atoms with Crippen LogP contribution in [0.1, 0.15) is 16.7 Å². The predicted molar refractivity (Wildman–Crippen MR) is 132 cm³/mol. The van der Waals surface area contributed by atoms with E-state index in [9.17, 15) is 10.4 Å². The number of hydrogen-bond acceptors (Lipinski definition) is 7. The van der Waals surface area contributed by atoms with Crippen LogP contribution in [-0.4, -0.2) is 49.0 Å². The number of rotatable bonds is 12. The second-order valence-electron chi connectivity index (χ2n) is 8.52. The molecule has 0 bridgehead atoms. The number of aliphatic hydroxyl groups is 1.